The molecule has 3 rings (SSSR count). The van der Waals surface area contributed by atoms with Gasteiger partial charge in [0.25, 0.3) is 0 Å². The second kappa shape index (κ2) is 4.29. The highest BCUT2D eigenvalue weighted by Crippen LogP contribution is 2.29. The van der Waals surface area contributed by atoms with E-state index in [1.165, 1.54) is 0 Å². The number of nitrogens with two attached hydrogens (primary N) is 1. The summed E-state index contributed by atoms with van der Waals surface area (Å²) < 4.78 is 0. The molecule has 1 aliphatic rings. The molecule has 0 aliphatic carbocycles. The number of hydrogen-bond donors (Lipinski definition) is 1. The monoisotopic (exact) mass is 241 g/mol. The van der Waals surface area contributed by atoms with Crippen LogP contribution in [-0.2, 0) is 4.79 Å². The molecule has 2 heterocycles. The zero-order valence-electron chi connectivity index (χ0n) is 10.0. The number of benzene rings is 1. The predicted molar refractivity (Wildman–Crippen MR) is 71.3 cm³/mol. The molecule has 4 nitrogen and oxygen atoms in total. The maximum atomic E-state index is 11.2. The van der Waals surface area contributed by atoms with E-state index in [1.54, 1.807) is 6.20 Å². The van der Waals surface area contributed by atoms with E-state index in [-0.39, 0.29) is 11.8 Å². The van der Waals surface area contributed by atoms with Crippen LogP contribution in [0.2, 0.25) is 0 Å². The fourth-order valence-electron chi connectivity index (χ4n) is 2.55. The molecule has 1 aromatic carbocycles. The summed E-state index contributed by atoms with van der Waals surface area (Å²) in [6.45, 7) is 1.56. The minimum absolute atomic E-state index is 0.0380. The predicted octanol–water partition coefficient (Wildman–Crippen LogP) is 1.55. The van der Waals surface area contributed by atoms with E-state index < -0.39 is 0 Å². The van der Waals surface area contributed by atoms with Gasteiger partial charge < -0.3 is 10.6 Å². The SMILES string of the molecule is NC(=O)C1CCN(c2cccc3cccnc23)C1. The molecule has 1 saturated heterocycles. The smallest absolute Gasteiger partial charge is 0.222 e. The molecule has 2 N–H and O–H groups in total. The first-order chi connectivity index (χ1) is 8.75. The highest BCUT2D eigenvalue weighted by Gasteiger charge is 2.27. The Bertz CT molecular complexity index is 591. The molecule has 0 bridgehead atoms. The fourth-order valence-corrected chi connectivity index (χ4v) is 2.55. The van der Waals surface area contributed by atoms with Gasteiger partial charge in [0.15, 0.2) is 0 Å². The first kappa shape index (κ1) is 11.0. The average molecular weight is 241 g/mol. The third kappa shape index (κ3) is 1.79. The molecule has 92 valence electrons. The second-order valence-electron chi connectivity index (χ2n) is 4.69. The molecule has 1 aliphatic heterocycles. The molecule has 1 atom stereocenters. The minimum atomic E-state index is -0.203. The average Bonchev–Trinajstić information content (AvgIpc) is 2.87. The molecule has 1 aromatic heterocycles. The van der Waals surface area contributed by atoms with Crippen molar-refractivity contribution in [3.8, 4) is 0 Å². The Balaban J connectivity index is 1.98. The molecule has 1 unspecified atom stereocenters. The number of anilines is 1. The summed E-state index contributed by atoms with van der Waals surface area (Å²) in [6.07, 6.45) is 2.63. The van der Waals surface area contributed by atoms with Crippen LogP contribution in [0.5, 0.6) is 0 Å². The number of hydrogen-bond acceptors (Lipinski definition) is 3. The van der Waals surface area contributed by atoms with Gasteiger partial charge in [-0.15, -0.1) is 0 Å². The number of amides is 1. The van der Waals surface area contributed by atoms with Crippen molar-refractivity contribution in [3.05, 3.63) is 36.5 Å². The van der Waals surface area contributed by atoms with Crippen molar-refractivity contribution in [2.45, 2.75) is 6.42 Å². The van der Waals surface area contributed by atoms with Gasteiger partial charge in [-0.3, -0.25) is 9.78 Å². The van der Waals surface area contributed by atoms with E-state index in [4.69, 9.17) is 5.73 Å². The Hall–Kier alpha value is -2.10. The van der Waals surface area contributed by atoms with Gasteiger partial charge in [-0.05, 0) is 18.6 Å². The first-order valence-electron chi connectivity index (χ1n) is 6.14. The van der Waals surface area contributed by atoms with Gasteiger partial charge in [0.1, 0.15) is 0 Å². The normalized spacial score (nSPS) is 19.3. The summed E-state index contributed by atoms with van der Waals surface area (Å²) in [5.41, 5.74) is 7.45. The van der Waals surface area contributed by atoms with Gasteiger partial charge in [0, 0.05) is 24.7 Å². The van der Waals surface area contributed by atoms with Crippen molar-refractivity contribution in [1.82, 2.24) is 4.98 Å². The summed E-state index contributed by atoms with van der Waals surface area (Å²) >= 11 is 0. The summed E-state index contributed by atoms with van der Waals surface area (Å²) in [6, 6.07) is 10.1. The standard InChI is InChI=1S/C14H15N3O/c15-14(18)11-6-8-17(9-11)12-5-1-3-10-4-2-7-16-13(10)12/h1-5,7,11H,6,8-9H2,(H2,15,18). The van der Waals surface area contributed by atoms with E-state index >= 15 is 0 Å². The number of primary amides is 1. The Morgan fingerprint density at radius 3 is 2.94 bits per heavy atom. The molecule has 1 fully saturated rings. The number of nitrogens with zero attached hydrogens (tertiary/aromatic N) is 2. The Kier molecular flexibility index (Phi) is 2.63. The van der Waals surface area contributed by atoms with E-state index in [2.05, 4.69) is 16.0 Å². The highest BCUT2D eigenvalue weighted by atomic mass is 16.1. The number of pyridine rings is 1. The van der Waals surface area contributed by atoms with Crippen LogP contribution in [0.25, 0.3) is 10.9 Å². The van der Waals surface area contributed by atoms with Crippen molar-refractivity contribution in [2.24, 2.45) is 11.7 Å². The molecule has 0 spiro atoms. The van der Waals surface area contributed by atoms with E-state index in [1.807, 2.05) is 24.3 Å². The summed E-state index contributed by atoms with van der Waals surface area (Å²) in [7, 11) is 0. The van der Waals surface area contributed by atoms with Gasteiger partial charge >= 0.3 is 0 Å². The summed E-state index contributed by atoms with van der Waals surface area (Å²) in [4.78, 5) is 17.9. The molecule has 0 saturated carbocycles. The van der Waals surface area contributed by atoms with Crippen molar-refractivity contribution in [1.29, 1.82) is 0 Å². The maximum Gasteiger partial charge on any atom is 0.222 e. The highest BCUT2D eigenvalue weighted by molar-refractivity contribution is 5.91. The van der Waals surface area contributed by atoms with Crippen LogP contribution < -0.4 is 10.6 Å². The summed E-state index contributed by atoms with van der Waals surface area (Å²) in [5, 5.41) is 1.12. The van der Waals surface area contributed by atoms with Gasteiger partial charge in [-0.2, -0.15) is 0 Å². The van der Waals surface area contributed by atoms with Crippen LogP contribution in [-0.4, -0.2) is 24.0 Å². The zero-order chi connectivity index (χ0) is 12.5. The van der Waals surface area contributed by atoms with E-state index in [0.717, 1.165) is 29.6 Å². The van der Waals surface area contributed by atoms with Gasteiger partial charge in [-0.25, -0.2) is 0 Å². The lowest BCUT2D eigenvalue weighted by molar-refractivity contribution is -0.121. The summed E-state index contributed by atoms with van der Waals surface area (Å²) in [5.74, 6) is -0.241. The lowest BCUT2D eigenvalue weighted by Gasteiger charge is -2.19. The van der Waals surface area contributed by atoms with Gasteiger partial charge in [0.05, 0.1) is 17.1 Å². The van der Waals surface area contributed by atoms with Crippen LogP contribution in [0, 0.1) is 5.92 Å². The Morgan fingerprint density at radius 2 is 2.17 bits per heavy atom. The van der Waals surface area contributed by atoms with Crippen molar-refractivity contribution in [3.63, 3.8) is 0 Å². The molecular formula is C14H15N3O. The second-order valence-corrected chi connectivity index (χ2v) is 4.69. The number of rotatable bonds is 2. The molecule has 4 heteroatoms. The van der Waals surface area contributed by atoms with Crippen LogP contribution in [0.3, 0.4) is 0 Å². The van der Waals surface area contributed by atoms with Crippen molar-refractivity contribution >= 4 is 22.5 Å². The van der Waals surface area contributed by atoms with Crippen LogP contribution in [0.15, 0.2) is 36.5 Å². The largest absolute Gasteiger partial charge is 0.369 e. The van der Waals surface area contributed by atoms with E-state index in [9.17, 15) is 4.79 Å². The minimum Gasteiger partial charge on any atom is -0.369 e. The van der Waals surface area contributed by atoms with Gasteiger partial charge in [0.2, 0.25) is 5.91 Å². The molecule has 2 aromatic rings. The van der Waals surface area contributed by atoms with Crippen molar-refractivity contribution in [2.75, 3.05) is 18.0 Å². The first-order valence-corrected chi connectivity index (χ1v) is 6.14. The number of carbonyl (C=O) groups is 1. The Labute approximate surface area is 105 Å². The molecule has 18 heavy (non-hydrogen) atoms. The van der Waals surface area contributed by atoms with Gasteiger partial charge in [-0.1, -0.05) is 18.2 Å². The topological polar surface area (TPSA) is 59.2 Å². The third-order valence-corrected chi connectivity index (χ3v) is 3.54. The quantitative estimate of drug-likeness (QED) is 0.867. The molecule has 0 radical (unpaired) electrons. The number of carbonyl (C=O) groups excluding carboxylic acids is 1. The van der Waals surface area contributed by atoms with Crippen molar-refractivity contribution < 1.29 is 4.79 Å². The number of fused-ring (bicyclic) bond motifs is 1. The third-order valence-electron chi connectivity index (χ3n) is 3.54. The lowest BCUT2D eigenvalue weighted by atomic mass is 10.1. The van der Waals surface area contributed by atoms with Crippen LogP contribution in [0.1, 0.15) is 6.42 Å². The zero-order valence-corrected chi connectivity index (χ0v) is 10.0. The van der Waals surface area contributed by atoms with Crippen LogP contribution in [0.4, 0.5) is 5.69 Å². The Morgan fingerprint density at radius 1 is 1.33 bits per heavy atom. The number of aromatic nitrogens is 1. The molecule has 1 amide bonds. The molecular weight excluding hydrogens is 226 g/mol. The number of para-hydroxylation sites is 1. The fraction of sp³-hybridized carbons (Fsp3) is 0.286. The van der Waals surface area contributed by atoms with Crippen LogP contribution >= 0.6 is 0 Å². The lowest BCUT2D eigenvalue weighted by Crippen LogP contribution is -2.27. The van der Waals surface area contributed by atoms with E-state index in [0.29, 0.717) is 6.54 Å². The maximum absolute atomic E-state index is 11.2.